The maximum atomic E-state index is 6.34. The highest BCUT2D eigenvalue weighted by Crippen LogP contribution is 2.31. The number of benzene rings is 1. The maximum absolute atomic E-state index is 6.34. The quantitative estimate of drug-likeness (QED) is 0.806. The molecule has 0 bridgehead atoms. The Kier molecular flexibility index (Phi) is 5.53. The van der Waals surface area contributed by atoms with Crippen molar-refractivity contribution in [3.63, 3.8) is 0 Å². The zero-order valence-electron chi connectivity index (χ0n) is 11.9. The van der Waals surface area contributed by atoms with E-state index in [1.807, 2.05) is 19.2 Å². The van der Waals surface area contributed by atoms with Gasteiger partial charge in [0.2, 0.25) is 0 Å². The number of hydrogen-bond acceptors (Lipinski definition) is 2. The molecule has 1 aromatic carbocycles. The molecule has 0 radical (unpaired) electrons. The van der Waals surface area contributed by atoms with Crippen molar-refractivity contribution in [1.29, 1.82) is 0 Å². The predicted octanol–water partition coefficient (Wildman–Crippen LogP) is 4.72. The van der Waals surface area contributed by atoms with Gasteiger partial charge >= 0.3 is 0 Å². The average Bonchev–Trinajstić information content (AvgIpc) is 2.68. The lowest BCUT2D eigenvalue weighted by molar-refractivity contribution is 0.184. The summed E-state index contributed by atoms with van der Waals surface area (Å²) in [4.78, 5) is 0. The van der Waals surface area contributed by atoms with Crippen molar-refractivity contribution in [2.45, 2.75) is 57.6 Å². The van der Waals surface area contributed by atoms with E-state index in [-0.39, 0.29) is 0 Å². The molecule has 1 aliphatic rings. The predicted molar refractivity (Wildman–Crippen MR) is 81.0 cm³/mol. The molecule has 1 aliphatic carbocycles. The van der Waals surface area contributed by atoms with E-state index in [0.29, 0.717) is 12.1 Å². The molecule has 3 heteroatoms. The van der Waals surface area contributed by atoms with E-state index in [1.165, 1.54) is 31.2 Å². The molecule has 0 aromatic heterocycles. The third-order valence-electron chi connectivity index (χ3n) is 3.98. The van der Waals surface area contributed by atoms with Crippen LogP contribution >= 0.6 is 11.6 Å². The second-order valence-electron chi connectivity index (χ2n) is 5.43. The largest absolute Gasteiger partial charge is 0.489 e. The van der Waals surface area contributed by atoms with Gasteiger partial charge in [-0.25, -0.2) is 0 Å². The van der Waals surface area contributed by atoms with E-state index in [4.69, 9.17) is 16.3 Å². The Balaban J connectivity index is 2.03. The van der Waals surface area contributed by atoms with Crippen molar-refractivity contribution in [1.82, 2.24) is 5.32 Å². The first-order valence-corrected chi connectivity index (χ1v) is 7.72. The summed E-state index contributed by atoms with van der Waals surface area (Å²) < 4.78 is 6.08. The Bertz CT molecular complexity index is 400. The second kappa shape index (κ2) is 7.16. The molecule has 0 saturated heterocycles. The molecular weight excluding hydrogens is 258 g/mol. The van der Waals surface area contributed by atoms with E-state index in [1.54, 1.807) is 0 Å². The van der Waals surface area contributed by atoms with E-state index in [9.17, 15) is 0 Å². The SMILES string of the molecule is CNC(C)c1ccc(OC2CCCCCC2)c(Cl)c1. The van der Waals surface area contributed by atoms with Crippen LogP contribution in [0.15, 0.2) is 18.2 Å². The number of rotatable bonds is 4. The third-order valence-corrected chi connectivity index (χ3v) is 4.28. The first kappa shape index (κ1) is 14.7. The Morgan fingerprint density at radius 1 is 1.21 bits per heavy atom. The number of ether oxygens (including phenoxy) is 1. The second-order valence-corrected chi connectivity index (χ2v) is 5.84. The van der Waals surface area contributed by atoms with Gasteiger partial charge in [-0.05, 0) is 57.4 Å². The monoisotopic (exact) mass is 281 g/mol. The van der Waals surface area contributed by atoms with Gasteiger partial charge in [0.1, 0.15) is 5.75 Å². The highest BCUT2D eigenvalue weighted by Gasteiger charge is 2.15. The Labute approximate surface area is 121 Å². The fourth-order valence-corrected chi connectivity index (χ4v) is 2.82. The molecule has 2 nitrogen and oxygen atoms in total. The molecule has 1 fully saturated rings. The van der Waals surface area contributed by atoms with Gasteiger partial charge in [-0.3, -0.25) is 0 Å². The van der Waals surface area contributed by atoms with Crippen molar-refractivity contribution < 1.29 is 4.74 Å². The minimum absolute atomic E-state index is 0.310. The standard InChI is InChI=1S/C16H24ClNO/c1-12(18-2)13-9-10-16(15(17)11-13)19-14-7-5-3-4-6-8-14/h9-12,14,18H,3-8H2,1-2H3. The lowest BCUT2D eigenvalue weighted by Crippen LogP contribution is -2.16. The summed E-state index contributed by atoms with van der Waals surface area (Å²) in [7, 11) is 1.95. The summed E-state index contributed by atoms with van der Waals surface area (Å²) in [5.41, 5.74) is 1.20. The smallest absolute Gasteiger partial charge is 0.138 e. The minimum atomic E-state index is 0.310. The molecule has 1 atom stereocenters. The highest BCUT2D eigenvalue weighted by atomic mass is 35.5. The molecule has 106 valence electrons. The summed E-state index contributed by atoms with van der Waals surface area (Å²) in [6, 6.07) is 6.42. The molecule has 0 heterocycles. The average molecular weight is 282 g/mol. The van der Waals surface area contributed by atoms with Crippen LogP contribution in [0.3, 0.4) is 0 Å². The summed E-state index contributed by atoms with van der Waals surface area (Å²) in [5.74, 6) is 0.834. The van der Waals surface area contributed by atoms with E-state index >= 15 is 0 Å². The van der Waals surface area contributed by atoms with Gasteiger partial charge in [0.05, 0.1) is 11.1 Å². The lowest BCUT2D eigenvalue weighted by Gasteiger charge is -2.19. The number of nitrogens with one attached hydrogen (secondary N) is 1. The fraction of sp³-hybridized carbons (Fsp3) is 0.625. The molecule has 1 N–H and O–H groups in total. The molecular formula is C16H24ClNO. The zero-order chi connectivity index (χ0) is 13.7. The Hall–Kier alpha value is -0.730. The van der Waals surface area contributed by atoms with Gasteiger partial charge < -0.3 is 10.1 Å². The van der Waals surface area contributed by atoms with Crippen LogP contribution in [0.25, 0.3) is 0 Å². The van der Waals surface area contributed by atoms with Gasteiger partial charge in [0.15, 0.2) is 0 Å². The van der Waals surface area contributed by atoms with Crippen LogP contribution in [0, 0.1) is 0 Å². The van der Waals surface area contributed by atoms with Crippen molar-refractivity contribution in [3.8, 4) is 5.75 Å². The van der Waals surface area contributed by atoms with E-state index < -0.39 is 0 Å². The molecule has 19 heavy (non-hydrogen) atoms. The molecule has 1 unspecified atom stereocenters. The summed E-state index contributed by atoms with van der Waals surface area (Å²) in [5, 5.41) is 3.94. The van der Waals surface area contributed by atoms with Crippen LogP contribution < -0.4 is 10.1 Å². The van der Waals surface area contributed by atoms with Crippen LogP contribution in [0.1, 0.15) is 57.1 Å². The summed E-state index contributed by atoms with van der Waals surface area (Å²) >= 11 is 6.34. The van der Waals surface area contributed by atoms with Crippen LogP contribution in [-0.2, 0) is 0 Å². The van der Waals surface area contributed by atoms with Gasteiger partial charge in [-0.15, -0.1) is 0 Å². The van der Waals surface area contributed by atoms with Gasteiger partial charge in [0, 0.05) is 6.04 Å². The molecule has 0 aliphatic heterocycles. The van der Waals surface area contributed by atoms with Crippen LogP contribution in [0.5, 0.6) is 5.75 Å². The molecule has 0 amide bonds. The minimum Gasteiger partial charge on any atom is -0.489 e. The van der Waals surface area contributed by atoms with Crippen LogP contribution in [0.4, 0.5) is 0 Å². The lowest BCUT2D eigenvalue weighted by atomic mass is 10.1. The third kappa shape index (κ3) is 4.12. The van der Waals surface area contributed by atoms with Gasteiger partial charge in [0.25, 0.3) is 0 Å². The van der Waals surface area contributed by atoms with Gasteiger partial charge in [-0.1, -0.05) is 30.5 Å². The summed E-state index contributed by atoms with van der Waals surface area (Å²) in [6.07, 6.45) is 7.88. The van der Waals surface area contributed by atoms with E-state index in [0.717, 1.165) is 23.6 Å². The number of hydrogen-bond donors (Lipinski definition) is 1. The van der Waals surface area contributed by atoms with Crippen molar-refractivity contribution >= 4 is 11.6 Å². The topological polar surface area (TPSA) is 21.3 Å². The molecule has 1 saturated carbocycles. The molecule has 0 spiro atoms. The highest BCUT2D eigenvalue weighted by molar-refractivity contribution is 6.32. The zero-order valence-corrected chi connectivity index (χ0v) is 12.7. The maximum Gasteiger partial charge on any atom is 0.138 e. The molecule has 2 rings (SSSR count). The number of halogens is 1. The Morgan fingerprint density at radius 2 is 1.89 bits per heavy atom. The fourth-order valence-electron chi connectivity index (χ4n) is 2.59. The van der Waals surface area contributed by atoms with E-state index in [2.05, 4.69) is 18.3 Å². The first-order valence-electron chi connectivity index (χ1n) is 7.34. The van der Waals surface area contributed by atoms with Crippen LogP contribution in [-0.4, -0.2) is 13.2 Å². The van der Waals surface area contributed by atoms with Crippen molar-refractivity contribution in [2.75, 3.05) is 7.05 Å². The van der Waals surface area contributed by atoms with Crippen molar-refractivity contribution in [2.24, 2.45) is 0 Å². The summed E-state index contributed by atoms with van der Waals surface area (Å²) in [6.45, 7) is 2.12. The van der Waals surface area contributed by atoms with Gasteiger partial charge in [-0.2, -0.15) is 0 Å². The van der Waals surface area contributed by atoms with Crippen molar-refractivity contribution in [3.05, 3.63) is 28.8 Å². The first-order chi connectivity index (χ1) is 9.20. The Morgan fingerprint density at radius 3 is 2.47 bits per heavy atom. The molecule has 1 aromatic rings. The van der Waals surface area contributed by atoms with Crippen LogP contribution in [0.2, 0.25) is 5.02 Å². The normalized spacial score (nSPS) is 18.9.